The van der Waals surface area contributed by atoms with Gasteiger partial charge >= 0.3 is 0 Å². The quantitative estimate of drug-likeness (QED) is 0.823. The highest BCUT2D eigenvalue weighted by Gasteiger charge is 2.02. The fraction of sp³-hybridized carbons (Fsp3) is 0.200. The van der Waals surface area contributed by atoms with E-state index in [1.807, 2.05) is 0 Å². The average Bonchev–Trinajstić information content (AvgIpc) is 2.76. The van der Waals surface area contributed by atoms with E-state index in [0.717, 1.165) is 13.0 Å². The molecule has 0 aliphatic rings. The molecule has 0 saturated carbocycles. The molecule has 0 saturated heterocycles. The first-order valence-corrected chi connectivity index (χ1v) is 6.11. The number of hydrogen-bond acceptors (Lipinski definition) is 5. The van der Waals surface area contributed by atoms with Crippen molar-refractivity contribution in [1.29, 1.82) is 0 Å². The van der Waals surface area contributed by atoms with Crippen molar-refractivity contribution in [3.05, 3.63) is 33.9 Å². The summed E-state index contributed by atoms with van der Waals surface area (Å²) < 4.78 is 0. The summed E-state index contributed by atoms with van der Waals surface area (Å²) in [5.41, 5.74) is 7.52. The summed E-state index contributed by atoms with van der Waals surface area (Å²) >= 11 is 7.37. The van der Waals surface area contributed by atoms with Crippen LogP contribution in [0.2, 0.25) is 5.28 Å². The van der Waals surface area contributed by atoms with E-state index in [2.05, 4.69) is 32.1 Å². The molecule has 2 aromatic rings. The maximum Gasteiger partial charge on any atom is 0.224 e. The molecule has 3 N–H and O–H groups in total. The Morgan fingerprint density at radius 2 is 2.38 bits per heavy atom. The molecule has 2 aromatic heterocycles. The lowest BCUT2D eigenvalue weighted by atomic mass is 10.2. The third-order valence-corrected chi connectivity index (χ3v) is 2.99. The van der Waals surface area contributed by atoms with Gasteiger partial charge in [-0.15, -0.1) is 0 Å². The Kier molecular flexibility index (Phi) is 3.58. The van der Waals surface area contributed by atoms with Crippen LogP contribution in [0.3, 0.4) is 0 Å². The molecule has 0 unspecified atom stereocenters. The molecule has 0 amide bonds. The van der Waals surface area contributed by atoms with Gasteiger partial charge < -0.3 is 11.1 Å². The van der Waals surface area contributed by atoms with Gasteiger partial charge in [0.25, 0.3) is 0 Å². The van der Waals surface area contributed by atoms with Crippen molar-refractivity contribution >= 4 is 34.4 Å². The molecule has 0 atom stereocenters. The standard InChI is InChI=1S/C10H11ClN4S/c11-10-14-5-8(12)9(15-10)13-3-1-7-2-4-16-6-7/h2,4-6H,1,3,12H2,(H,13,14,15). The Labute approximate surface area is 102 Å². The number of nitrogen functional groups attached to an aromatic ring is 1. The second-order valence-corrected chi connectivity index (χ2v) is 4.37. The fourth-order valence-electron chi connectivity index (χ4n) is 1.27. The summed E-state index contributed by atoms with van der Waals surface area (Å²) in [4.78, 5) is 7.80. The molecule has 6 heteroatoms. The number of halogens is 1. The topological polar surface area (TPSA) is 63.8 Å². The van der Waals surface area contributed by atoms with Gasteiger partial charge in [0.2, 0.25) is 5.28 Å². The SMILES string of the molecule is Nc1cnc(Cl)nc1NCCc1ccsc1. The van der Waals surface area contributed by atoms with Crippen LogP contribution in [-0.2, 0) is 6.42 Å². The summed E-state index contributed by atoms with van der Waals surface area (Å²) in [5.74, 6) is 0.593. The number of hydrogen-bond donors (Lipinski definition) is 2. The first-order chi connectivity index (χ1) is 7.75. The van der Waals surface area contributed by atoms with Crippen molar-refractivity contribution in [2.24, 2.45) is 0 Å². The molecule has 2 heterocycles. The minimum Gasteiger partial charge on any atom is -0.394 e. The minimum absolute atomic E-state index is 0.201. The van der Waals surface area contributed by atoms with Crippen LogP contribution in [0.15, 0.2) is 23.0 Å². The van der Waals surface area contributed by atoms with Crippen molar-refractivity contribution < 1.29 is 0 Å². The molecule has 16 heavy (non-hydrogen) atoms. The predicted molar refractivity (Wildman–Crippen MR) is 68.0 cm³/mol. The Balaban J connectivity index is 1.92. The van der Waals surface area contributed by atoms with E-state index in [1.165, 1.54) is 11.8 Å². The molecule has 0 fully saturated rings. The van der Waals surface area contributed by atoms with Gasteiger partial charge in [-0.05, 0) is 40.4 Å². The monoisotopic (exact) mass is 254 g/mol. The molecule has 0 bridgehead atoms. The predicted octanol–water partition coefficient (Wildman–Crippen LogP) is 2.43. The van der Waals surface area contributed by atoms with Crippen LogP contribution in [0.5, 0.6) is 0 Å². The van der Waals surface area contributed by atoms with Crippen molar-refractivity contribution in [3.8, 4) is 0 Å². The van der Waals surface area contributed by atoms with Crippen LogP contribution < -0.4 is 11.1 Å². The molecule has 4 nitrogen and oxygen atoms in total. The van der Waals surface area contributed by atoms with E-state index >= 15 is 0 Å². The van der Waals surface area contributed by atoms with Crippen LogP contribution in [0.1, 0.15) is 5.56 Å². The summed E-state index contributed by atoms with van der Waals surface area (Å²) in [6.07, 6.45) is 2.44. The van der Waals surface area contributed by atoms with E-state index in [0.29, 0.717) is 11.5 Å². The fourth-order valence-corrected chi connectivity index (χ4v) is 2.11. The van der Waals surface area contributed by atoms with Crippen molar-refractivity contribution in [2.45, 2.75) is 6.42 Å². The number of rotatable bonds is 4. The molecule has 0 aliphatic heterocycles. The van der Waals surface area contributed by atoms with Crippen molar-refractivity contribution in [3.63, 3.8) is 0 Å². The summed E-state index contributed by atoms with van der Waals surface area (Å²) in [7, 11) is 0. The van der Waals surface area contributed by atoms with Gasteiger partial charge in [0.15, 0.2) is 5.82 Å². The summed E-state index contributed by atoms with van der Waals surface area (Å²) in [5, 5.41) is 7.52. The lowest BCUT2D eigenvalue weighted by Crippen LogP contribution is -2.08. The van der Waals surface area contributed by atoms with E-state index < -0.39 is 0 Å². The van der Waals surface area contributed by atoms with Gasteiger partial charge in [-0.1, -0.05) is 0 Å². The molecule has 0 spiro atoms. The van der Waals surface area contributed by atoms with Crippen molar-refractivity contribution in [1.82, 2.24) is 9.97 Å². The molecule has 0 aliphatic carbocycles. The Bertz CT molecular complexity index is 458. The number of nitrogens with zero attached hydrogens (tertiary/aromatic N) is 2. The van der Waals surface area contributed by atoms with E-state index in [9.17, 15) is 0 Å². The van der Waals surface area contributed by atoms with E-state index in [-0.39, 0.29) is 5.28 Å². The smallest absolute Gasteiger partial charge is 0.224 e. The highest BCUT2D eigenvalue weighted by molar-refractivity contribution is 7.07. The molecule has 2 rings (SSSR count). The van der Waals surface area contributed by atoms with Gasteiger partial charge in [-0.25, -0.2) is 4.98 Å². The highest BCUT2D eigenvalue weighted by Crippen LogP contribution is 2.16. The highest BCUT2D eigenvalue weighted by atomic mass is 35.5. The van der Waals surface area contributed by atoms with Crippen LogP contribution in [0.4, 0.5) is 11.5 Å². The van der Waals surface area contributed by atoms with E-state index in [4.69, 9.17) is 17.3 Å². The Hall–Kier alpha value is -1.33. The lowest BCUT2D eigenvalue weighted by molar-refractivity contribution is 1.01. The number of thiophene rings is 1. The van der Waals surface area contributed by atoms with Crippen LogP contribution in [0, 0.1) is 0 Å². The molecule has 84 valence electrons. The first kappa shape index (κ1) is 11.2. The average molecular weight is 255 g/mol. The first-order valence-electron chi connectivity index (χ1n) is 4.78. The van der Waals surface area contributed by atoms with Gasteiger partial charge in [0, 0.05) is 6.54 Å². The normalized spacial score (nSPS) is 10.3. The van der Waals surface area contributed by atoms with Gasteiger partial charge in [-0.2, -0.15) is 16.3 Å². The number of anilines is 2. The maximum atomic E-state index is 5.70. The molecule has 0 aromatic carbocycles. The second kappa shape index (κ2) is 5.14. The zero-order valence-electron chi connectivity index (χ0n) is 8.48. The zero-order valence-corrected chi connectivity index (χ0v) is 10.1. The maximum absolute atomic E-state index is 5.70. The van der Waals surface area contributed by atoms with E-state index in [1.54, 1.807) is 11.3 Å². The van der Waals surface area contributed by atoms with Crippen LogP contribution in [-0.4, -0.2) is 16.5 Å². The number of aromatic nitrogens is 2. The van der Waals surface area contributed by atoms with Crippen LogP contribution >= 0.6 is 22.9 Å². The molecule has 0 radical (unpaired) electrons. The number of nitrogens with two attached hydrogens (primary N) is 1. The summed E-state index contributed by atoms with van der Waals surface area (Å²) in [6.45, 7) is 0.772. The molecular formula is C10H11ClN4S. The lowest BCUT2D eigenvalue weighted by Gasteiger charge is -2.07. The van der Waals surface area contributed by atoms with Crippen LogP contribution in [0.25, 0.3) is 0 Å². The van der Waals surface area contributed by atoms with Gasteiger partial charge in [-0.3, -0.25) is 0 Å². The number of nitrogens with one attached hydrogen (secondary N) is 1. The minimum atomic E-state index is 0.201. The molecular weight excluding hydrogens is 244 g/mol. The Morgan fingerprint density at radius 3 is 3.12 bits per heavy atom. The second-order valence-electron chi connectivity index (χ2n) is 3.25. The third-order valence-electron chi connectivity index (χ3n) is 2.07. The summed E-state index contributed by atoms with van der Waals surface area (Å²) in [6, 6.07) is 2.10. The Morgan fingerprint density at radius 1 is 1.50 bits per heavy atom. The van der Waals surface area contributed by atoms with Gasteiger partial charge in [0.1, 0.15) is 0 Å². The largest absolute Gasteiger partial charge is 0.394 e. The van der Waals surface area contributed by atoms with Crippen molar-refractivity contribution in [2.75, 3.05) is 17.6 Å². The zero-order chi connectivity index (χ0) is 11.4. The third kappa shape index (κ3) is 2.84. The van der Waals surface area contributed by atoms with Gasteiger partial charge in [0.05, 0.1) is 11.9 Å².